The molecule has 1 heterocycles. The number of aryl methyl sites for hydroxylation is 1. The number of hydrogen-bond acceptors (Lipinski definition) is 7. The summed E-state index contributed by atoms with van der Waals surface area (Å²) in [6.45, 7) is 2.05. The molecule has 0 spiro atoms. The molecule has 164 valence electrons. The highest BCUT2D eigenvalue weighted by Gasteiger charge is 2.18. The van der Waals surface area contributed by atoms with E-state index in [2.05, 4.69) is 4.18 Å². The van der Waals surface area contributed by atoms with Crippen molar-refractivity contribution in [3.05, 3.63) is 57.6 Å². The molecule has 30 heavy (non-hydrogen) atoms. The van der Waals surface area contributed by atoms with Crippen molar-refractivity contribution >= 4 is 16.5 Å². The van der Waals surface area contributed by atoms with Crippen LogP contribution in [0.1, 0.15) is 55.9 Å². The zero-order chi connectivity index (χ0) is 22.1. The Hall–Kier alpha value is -2.78. The van der Waals surface area contributed by atoms with Gasteiger partial charge in [-0.1, -0.05) is 38.3 Å². The Morgan fingerprint density at radius 1 is 1.10 bits per heavy atom. The van der Waals surface area contributed by atoms with Crippen molar-refractivity contribution in [1.82, 2.24) is 0 Å². The summed E-state index contributed by atoms with van der Waals surface area (Å²) >= 11 is 0. The first kappa shape index (κ1) is 23.5. The second-order valence-corrected chi connectivity index (χ2v) is 7.87. The van der Waals surface area contributed by atoms with E-state index in [0.717, 1.165) is 19.3 Å². The highest BCUT2D eigenvalue weighted by molar-refractivity contribution is 7.81. The molecule has 0 unspecified atom stereocenters. The number of rotatable bonds is 11. The smallest absolute Gasteiger partial charge is 0.446 e. The van der Waals surface area contributed by atoms with Crippen LogP contribution in [0.4, 0.5) is 0 Å². The Bertz CT molecular complexity index is 1040. The lowest BCUT2D eigenvalue weighted by Gasteiger charge is -2.09. The number of aromatic hydroxyl groups is 2. The minimum absolute atomic E-state index is 0.00634. The maximum Gasteiger partial charge on any atom is 0.446 e. The van der Waals surface area contributed by atoms with Gasteiger partial charge in [-0.25, -0.2) is 4.79 Å². The Kier molecular flexibility index (Phi) is 8.49. The highest BCUT2D eigenvalue weighted by Crippen LogP contribution is 2.24. The molecule has 0 aliphatic heterocycles. The normalized spacial score (nSPS) is 11.8. The van der Waals surface area contributed by atoms with Gasteiger partial charge in [0.2, 0.25) is 0 Å². The predicted molar refractivity (Wildman–Crippen MR) is 112 cm³/mol. The molecule has 0 radical (unpaired) electrons. The Morgan fingerprint density at radius 3 is 2.57 bits per heavy atom. The van der Waals surface area contributed by atoms with Gasteiger partial charge in [0.05, 0.1) is 5.56 Å². The van der Waals surface area contributed by atoms with Crippen molar-refractivity contribution in [2.24, 2.45) is 0 Å². The van der Waals surface area contributed by atoms with Crippen LogP contribution < -0.4 is 9.81 Å². The quantitative estimate of drug-likeness (QED) is 0.272. The van der Waals surface area contributed by atoms with Crippen molar-refractivity contribution in [3.63, 3.8) is 0 Å². The molecule has 0 aliphatic rings. The van der Waals surface area contributed by atoms with Crippen molar-refractivity contribution in [2.75, 3.05) is 0 Å². The zero-order valence-corrected chi connectivity index (χ0v) is 17.5. The third-order valence-electron chi connectivity index (χ3n) is 4.40. The van der Waals surface area contributed by atoms with E-state index in [9.17, 15) is 23.4 Å². The van der Waals surface area contributed by atoms with Crippen LogP contribution in [0.15, 0.2) is 39.6 Å². The van der Waals surface area contributed by atoms with Crippen LogP contribution in [-0.4, -0.2) is 23.2 Å². The van der Waals surface area contributed by atoms with Crippen LogP contribution >= 0.6 is 0 Å². The summed E-state index contributed by atoms with van der Waals surface area (Å²) < 4.78 is 41.3. The van der Waals surface area contributed by atoms with Crippen LogP contribution in [0.25, 0.3) is 6.08 Å². The summed E-state index contributed by atoms with van der Waals surface area (Å²) in [5.74, 6) is -0.0117. The Labute approximate surface area is 175 Å². The number of hydrogen-bond donors (Lipinski definition) is 3. The summed E-state index contributed by atoms with van der Waals surface area (Å²) in [5, 5.41) is 19.2. The number of phenolic OH excluding ortho intramolecular Hbond substituents is 2. The van der Waals surface area contributed by atoms with Gasteiger partial charge in [0, 0.05) is 18.1 Å². The van der Waals surface area contributed by atoms with E-state index in [1.165, 1.54) is 24.3 Å². The summed E-state index contributed by atoms with van der Waals surface area (Å²) in [5.41, 5.74) is -0.195. The number of unbranched alkanes of at least 4 members (excludes halogenated alkanes) is 3. The minimum atomic E-state index is -4.78. The van der Waals surface area contributed by atoms with Crippen LogP contribution in [0.3, 0.4) is 0 Å². The monoisotopic (exact) mass is 438 g/mol. The van der Waals surface area contributed by atoms with Gasteiger partial charge in [0.15, 0.2) is 5.75 Å². The Morgan fingerprint density at radius 2 is 1.87 bits per heavy atom. The highest BCUT2D eigenvalue weighted by atomic mass is 32.3. The fourth-order valence-electron chi connectivity index (χ4n) is 2.92. The molecular weight excluding hydrogens is 412 g/mol. The topological polar surface area (TPSA) is 134 Å². The van der Waals surface area contributed by atoms with Gasteiger partial charge in [0.25, 0.3) is 0 Å². The standard InChI is InChI=1S/C21H26O8S/c1-2-3-4-5-10-18-20(29-30(25,26)27)14-17(28-21(18)24)9-7-6-8-15-13-16(22)11-12-19(15)23/h6,8,11-14,22-23H,2-5,7,9-10H2,1H3,(H,25,26,27)/b8-6+. The molecule has 0 fully saturated rings. The van der Waals surface area contributed by atoms with E-state index < -0.39 is 16.0 Å². The molecule has 0 amide bonds. The molecule has 1 aromatic carbocycles. The molecule has 2 rings (SSSR count). The first-order valence-corrected chi connectivity index (χ1v) is 11.1. The molecule has 1 aromatic heterocycles. The molecule has 2 aromatic rings. The number of phenols is 2. The number of benzene rings is 1. The van der Waals surface area contributed by atoms with Gasteiger partial charge >= 0.3 is 16.0 Å². The zero-order valence-electron chi connectivity index (χ0n) is 16.7. The largest absolute Gasteiger partial charge is 0.508 e. The van der Waals surface area contributed by atoms with Gasteiger partial charge < -0.3 is 18.8 Å². The number of allylic oxidation sites excluding steroid dienone is 1. The van der Waals surface area contributed by atoms with Gasteiger partial charge in [-0.05, 0) is 37.5 Å². The van der Waals surface area contributed by atoms with E-state index in [0.29, 0.717) is 18.4 Å². The molecule has 9 heteroatoms. The van der Waals surface area contributed by atoms with E-state index in [1.807, 2.05) is 6.92 Å². The van der Waals surface area contributed by atoms with Crippen molar-refractivity contribution in [3.8, 4) is 17.2 Å². The summed E-state index contributed by atoms with van der Waals surface area (Å²) in [7, 11) is -4.78. The second kappa shape index (κ2) is 10.8. The third kappa shape index (κ3) is 7.57. The van der Waals surface area contributed by atoms with Crippen LogP contribution in [0, 0.1) is 0 Å². The second-order valence-electron chi connectivity index (χ2n) is 6.85. The molecule has 0 bridgehead atoms. The maximum atomic E-state index is 12.3. The Balaban J connectivity index is 2.14. The van der Waals surface area contributed by atoms with Crippen LogP contribution in [0.5, 0.6) is 17.2 Å². The van der Waals surface area contributed by atoms with Gasteiger partial charge in [0.1, 0.15) is 17.3 Å². The third-order valence-corrected chi connectivity index (χ3v) is 4.79. The predicted octanol–water partition coefficient (Wildman–Crippen LogP) is 4.00. The van der Waals surface area contributed by atoms with Gasteiger partial charge in [-0.3, -0.25) is 4.55 Å². The maximum absolute atomic E-state index is 12.3. The van der Waals surface area contributed by atoms with Crippen molar-refractivity contribution in [1.29, 1.82) is 0 Å². The van der Waals surface area contributed by atoms with Gasteiger partial charge in [-0.15, -0.1) is 0 Å². The molecule has 0 saturated heterocycles. The fourth-order valence-corrected chi connectivity index (χ4v) is 3.30. The SMILES string of the molecule is CCCCCCc1c(OS(=O)(=O)O)cc(CC/C=C/c2cc(O)ccc2O)oc1=O. The van der Waals surface area contributed by atoms with Gasteiger partial charge in [-0.2, -0.15) is 8.42 Å². The summed E-state index contributed by atoms with van der Waals surface area (Å²) in [6, 6.07) is 5.43. The lowest BCUT2D eigenvalue weighted by Crippen LogP contribution is -2.15. The molecule has 0 saturated carbocycles. The van der Waals surface area contributed by atoms with Crippen LogP contribution in [-0.2, 0) is 23.2 Å². The molecule has 3 N–H and O–H groups in total. The molecule has 0 atom stereocenters. The van der Waals surface area contributed by atoms with E-state index in [1.54, 1.807) is 12.2 Å². The lowest BCUT2D eigenvalue weighted by molar-refractivity contribution is 0.376. The summed E-state index contributed by atoms with van der Waals surface area (Å²) in [4.78, 5) is 12.3. The molecule has 8 nitrogen and oxygen atoms in total. The lowest BCUT2D eigenvalue weighted by atomic mass is 10.1. The first-order chi connectivity index (χ1) is 14.2. The van der Waals surface area contributed by atoms with E-state index in [4.69, 9.17) is 8.97 Å². The molecule has 0 aliphatic carbocycles. The first-order valence-electron chi connectivity index (χ1n) is 9.71. The average Bonchev–Trinajstić information content (AvgIpc) is 2.65. The summed E-state index contributed by atoms with van der Waals surface area (Å²) in [6.07, 6.45) is 7.77. The van der Waals surface area contributed by atoms with E-state index in [-0.39, 0.29) is 41.4 Å². The fraction of sp³-hybridized carbons (Fsp3) is 0.381. The van der Waals surface area contributed by atoms with Crippen molar-refractivity contribution in [2.45, 2.75) is 51.9 Å². The molecular formula is C21H26O8S. The van der Waals surface area contributed by atoms with Crippen molar-refractivity contribution < 1.29 is 31.8 Å². The average molecular weight is 438 g/mol. The van der Waals surface area contributed by atoms with Crippen LogP contribution in [0.2, 0.25) is 0 Å². The minimum Gasteiger partial charge on any atom is -0.508 e. The van der Waals surface area contributed by atoms with E-state index >= 15 is 0 Å².